The van der Waals surface area contributed by atoms with Crippen LogP contribution >= 0.6 is 11.6 Å². The fourth-order valence-corrected chi connectivity index (χ4v) is 3.56. The Morgan fingerprint density at radius 3 is 2.66 bits per heavy atom. The Morgan fingerprint density at radius 1 is 1.03 bits per heavy atom. The van der Waals surface area contributed by atoms with Gasteiger partial charge in [0.1, 0.15) is 18.1 Å². The Balaban J connectivity index is 1.34. The third-order valence-electron chi connectivity index (χ3n) is 4.91. The van der Waals surface area contributed by atoms with Gasteiger partial charge in [-0.15, -0.1) is 0 Å². The SMILES string of the molecule is CCOc1ccc(Cn2cc(NC(=O)c3ccc(COc4cccc(Cl)c4)o3)cn2)cc1OCC. The summed E-state index contributed by atoms with van der Waals surface area (Å²) in [6.07, 6.45) is 3.34. The van der Waals surface area contributed by atoms with Crippen molar-refractivity contribution in [2.45, 2.75) is 27.0 Å². The molecule has 0 spiro atoms. The van der Waals surface area contributed by atoms with Crippen LogP contribution in [0.1, 0.15) is 35.7 Å². The molecule has 0 atom stereocenters. The van der Waals surface area contributed by atoms with Gasteiger partial charge in [0, 0.05) is 11.2 Å². The van der Waals surface area contributed by atoms with E-state index >= 15 is 0 Å². The summed E-state index contributed by atoms with van der Waals surface area (Å²) >= 11 is 5.96. The van der Waals surface area contributed by atoms with Gasteiger partial charge >= 0.3 is 0 Å². The van der Waals surface area contributed by atoms with Crippen molar-refractivity contribution in [3.8, 4) is 17.2 Å². The van der Waals surface area contributed by atoms with E-state index in [2.05, 4.69) is 10.4 Å². The Labute approximate surface area is 208 Å². The number of hydrogen-bond acceptors (Lipinski definition) is 6. The second-order valence-electron chi connectivity index (χ2n) is 7.54. The van der Waals surface area contributed by atoms with Crippen LogP contribution in [0.2, 0.25) is 5.02 Å². The summed E-state index contributed by atoms with van der Waals surface area (Å²) in [5.41, 5.74) is 1.55. The maximum absolute atomic E-state index is 12.6. The summed E-state index contributed by atoms with van der Waals surface area (Å²) in [4.78, 5) is 12.6. The lowest BCUT2D eigenvalue weighted by atomic mass is 10.2. The van der Waals surface area contributed by atoms with Gasteiger partial charge in [0.15, 0.2) is 17.3 Å². The molecular weight excluding hydrogens is 470 g/mol. The van der Waals surface area contributed by atoms with Gasteiger partial charge in [0.25, 0.3) is 5.91 Å². The summed E-state index contributed by atoms with van der Waals surface area (Å²) in [5.74, 6) is 2.34. The van der Waals surface area contributed by atoms with Crippen molar-refractivity contribution >= 4 is 23.2 Å². The number of amides is 1. The predicted octanol–water partition coefficient (Wildman–Crippen LogP) is 5.81. The van der Waals surface area contributed by atoms with E-state index in [0.717, 1.165) is 5.56 Å². The van der Waals surface area contributed by atoms with E-state index in [1.54, 1.807) is 53.5 Å². The molecule has 0 saturated heterocycles. The normalized spacial score (nSPS) is 10.7. The Morgan fingerprint density at radius 2 is 1.86 bits per heavy atom. The number of aromatic nitrogens is 2. The third kappa shape index (κ3) is 6.58. The van der Waals surface area contributed by atoms with Gasteiger partial charge in [-0.2, -0.15) is 5.10 Å². The van der Waals surface area contributed by atoms with Crippen molar-refractivity contribution in [1.29, 1.82) is 0 Å². The fourth-order valence-electron chi connectivity index (χ4n) is 3.38. The first kappa shape index (κ1) is 24.2. The second kappa shape index (κ2) is 11.5. The molecule has 2 heterocycles. The number of rotatable bonds is 11. The number of nitrogens with one attached hydrogen (secondary N) is 1. The maximum atomic E-state index is 12.6. The predicted molar refractivity (Wildman–Crippen MR) is 133 cm³/mol. The summed E-state index contributed by atoms with van der Waals surface area (Å²) < 4.78 is 24.3. The number of hydrogen-bond donors (Lipinski definition) is 1. The van der Waals surface area contributed by atoms with Crippen LogP contribution in [0.3, 0.4) is 0 Å². The number of nitrogens with zero attached hydrogens (tertiary/aromatic N) is 2. The van der Waals surface area contributed by atoms with Crippen LogP contribution in [0.5, 0.6) is 17.2 Å². The van der Waals surface area contributed by atoms with Gasteiger partial charge in [0.2, 0.25) is 0 Å². The molecule has 0 radical (unpaired) electrons. The largest absolute Gasteiger partial charge is 0.490 e. The second-order valence-corrected chi connectivity index (χ2v) is 7.98. The molecule has 8 nitrogen and oxygen atoms in total. The van der Waals surface area contributed by atoms with Crippen LogP contribution < -0.4 is 19.5 Å². The highest BCUT2D eigenvalue weighted by atomic mass is 35.5. The highest BCUT2D eigenvalue weighted by molar-refractivity contribution is 6.30. The highest BCUT2D eigenvalue weighted by Crippen LogP contribution is 2.29. The first-order chi connectivity index (χ1) is 17.0. The molecule has 0 bridgehead atoms. The average molecular weight is 496 g/mol. The third-order valence-corrected chi connectivity index (χ3v) is 5.14. The summed E-state index contributed by atoms with van der Waals surface area (Å²) in [7, 11) is 0. The van der Waals surface area contributed by atoms with E-state index in [-0.39, 0.29) is 18.3 Å². The monoisotopic (exact) mass is 495 g/mol. The van der Waals surface area contributed by atoms with Crippen LogP contribution in [-0.2, 0) is 13.2 Å². The molecule has 1 N–H and O–H groups in total. The van der Waals surface area contributed by atoms with E-state index in [9.17, 15) is 4.79 Å². The van der Waals surface area contributed by atoms with Crippen molar-refractivity contribution in [1.82, 2.24) is 9.78 Å². The molecule has 35 heavy (non-hydrogen) atoms. The van der Waals surface area contributed by atoms with E-state index in [4.69, 9.17) is 30.2 Å². The number of anilines is 1. The first-order valence-corrected chi connectivity index (χ1v) is 11.6. The molecule has 0 saturated carbocycles. The molecule has 182 valence electrons. The lowest BCUT2D eigenvalue weighted by Gasteiger charge is -2.12. The molecule has 0 aliphatic heterocycles. The van der Waals surface area contributed by atoms with Gasteiger partial charge < -0.3 is 23.9 Å². The summed E-state index contributed by atoms with van der Waals surface area (Å²) in [6, 6.07) is 16.2. The summed E-state index contributed by atoms with van der Waals surface area (Å²) in [5, 5.41) is 7.72. The minimum Gasteiger partial charge on any atom is -0.490 e. The molecule has 2 aromatic heterocycles. The number of benzene rings is 2. The number of ether oxygens (including phenoxy) is 3. The standard InChI is InChI=1S/C26H26ClN3O5/c1-3-32-23-10-8-18(12-25(23)33-4-2)15-30-16-20(14-28-30)29-26(31)24-11-9-22(35-24)17-34-21-7-5-6-19(27)13-21/h5-14,16H,3-4,15,17H2,1-2H3,(H,29,31). The summed E-state index contributed by atoms with van der Waals surface area (Å²) in [6.45, 7) is 5.66. The first-order valence-electron chi connectivity index (χ1n) is 11.2. The highest BCUT2D eigenvalue weighted by Gasteiger charge is 2.14. The van der Waals surface area contributed by atoms with Crippen molar-refractivity contribution in [3.63, 3.8) is 0 Å². The van der Waals surface area contributed by atoms with E-state index in [1.165, 1.54) is 0 Å². The minimum atomic E-state index is -0.377. The Bertz CT molecular complexity index is 1280. The molecule has 0 unspecified atom stereocenters. The lowest BCUT2D eigenvalue weighted by Crippen LogP contribution is -2.10. The van der Waals surface area contributed by atoms with Gasteiger partial charge in [-0.1, -0.05) is 23.7 Å². The lowest BCUT2D eigenvalue weighted by molar-refractivity contribution is 0.0992. The molecule has 1 amide bonds. The average Bonchev–Trinajstić information content (AvgIpc) is 3.49. The van der Waals surface area contributed by atoms with Gasteiger partial charge in [-0.3, -0.25) is 9.48 Å². The van der Waals surface area contributed by atoms with Crippen molar-refractivity contribution < 1.29 is 23.4 Å². The van der Waals surface area contributed by atoms with Crippen LogP contribution in [0.15, 0.2) is 71.4 Å². The number of carbonyl (C=O) groups is 1. The van der Waals surface area contributed by atoms with E-state index < -0.39 is 0 Å². The molecule has 0 fully saturated rings. The quantitative estimate of drug-likeness (QED) is 0.282. The number of furan rings is 1. The molecule has 4 rings (SSSR count). The van der Waals surface area contributed by atoms with E-state index in [0.29, 0.717) is 53.5 Å². The Hall–Kier alpha value is -3.91. The molecular formula is C26H26ClN3O5. The molecule has 2 aromatic carbocycles. The van der Waals surface area contributed by atoms with Crippen LogP contribution in [0.4, 0.5) is 5.69 Å². The number of carbonyl (C=O) groups excluding carboxylic acids is 1. The van der Waals surface area contributed by atoms with E-state index in [1.807, 2.05) is 32.0 Å². The fraction of sp³-hybridized carbons (Fsp3) is 0.231. The molecule has 0 aliphatic rings. The van der Waals surface area contributed by atoms with Crippen LogP contribution in [-0.4, -0.2) is 28.9 Å². The zero-order chi connectivity index (χ0) is 24.6. The van der Waals surface area contributed by atoms with Crippen molar-refractivity contribution in [3.05, 3.63) is 89.1 Å². The zero-order valence-electron chi connectivity index (χ0n) is 19.5. The Kier molecular flexibility index (Phi) is 7.95. The molecule has 4 aromatic rings. The number of halogens is 1. The molecule has 9 heteroatoms. The van der Waals surface area contributed by atoms with Crippen molar-refractivity contribution in [2.24, 2.45) is 0 Å². The van der Waals surface area contributed by atoms with Gasteiger partial charge in [-0.05, 0) is 61.9 Å². The smallest absolute Gasteiger partial charge is 0.291 e. The van der Waals surface area contributed by atoms with Gasteiger partial charge in [-0.25, -0.2) is 0 Å². The van der Waals surface area contributed by atoms with Crippen LogP contribution in [0.25, 0.3) is 0 Å². The van der Waals surface area contributed by atoms with Gasteiger partial charge in [0.05, 0.1) is 31.6 Å². The molecule has 0 aliphatic carbocycles. The zero-order valence-corrected chi connectivity index (χ0v) is 20.2. The maximum Gasteiger partial charge on any atom is 0.291 e. The topological polar surface area (TPSA) is 87.8 Å². The van der Waals surface area contributed by atoms with Crippen LogP contribution in [0, 0.1) is 0 Å². The van der Waals surface area contributed by atoms with Crippen molar-refractivity contribution in [2.75, 3.05) is 18.5 Å². The minimum absolute atomic E-state index is 0.176.